The van der Waals surface area contributed by atoms with Gasteiger partial charge in [-0.2, -0.15) is 0 Å². The largest absolute Gasteiger partial charge is 0.423 e. The van der Waals surface area contributed by atoms with Crippen molar-refractivity contribution >= 4 is 28.5 Å². The summed E-state index contributed by atoms with van der Waals surface area (Å²) in [6.45, 7) is 3.76. The van der Waals surface area contributed by atoms with Crippen molar-refractivity contribution in [2.75, 3.05) is 0 Å². The van der Waals surface area contributed by atoms with E-state index in [0.29, 0.717) is 38.4 Å². The maximum atomic E-state index is 12.5. The van der Waals surface area contributed by atoms with Crippen molar-refractivity contribution in [1.29, 1.82) is 0 Å². The maximum Gasteiger partial charge on any atom is 0.344 e. The summed E-state index contributed by atoms with van der Waals surface area (Å²) in [6, 6.07) is 19.1. The Kier molecular flexibility index (Phi) is 4.95. The molecule has 4 aromatic rings. The summed E-state index contributed by atoms with van der Waals surface area (Å²) in [5, 5.41) is 1.28. The van der Waals surface area contributed by atoms with E-state index in [1.165, 1.54) is 0 Å². The number of carbonyl (C=O) groups is 1. The molecular formula is C24H17ClO4. The van der Waals surface area contributed by atoms with E-state index in [-0.39, 0.29) is 0 Å². The number of rotatable bonds is 3. The number of ether oxygens (including phenoxy) is 1. The van der Waals surface area contributed by atoms with Gasteiger partial charge in [-0.1, -0.05) is 41.4 Å². The number of fused-ring (bicyclic) bond motifs is 1. The lowest BCUT2D eigenvalue weighted by Crippen LogP contribution is -2.09. The molecule has 0 bridgehead atoms. The van der Waals surface area contributed by atoms with Crippen LogP contribution in [-0.4, -0.2) is 5.97 Å². The molecule has 0 saturated heterocycles. The number of halogens is 1. The molecule has 0 unspecified atom stereocenters. The first-order valence-corrected chi connectivity index (χ1v) is 9.42. The molecule has 0 aliphatic heterocycles. The van der Waals surface area contributed by atoms with Crippen molar-refractivity contribution in [2.45, 2.75) is 13.8 Å². The second kappa shape index (κ2) is 7.57. The van der Waals surface area contributed by atoms with Crippen LogP contribution in [0.15, 0.2) is 75.9 Å². The Labute approximate surface area is 172 Å². The lowest BCUT2D eigenvalue weighted by Gasteiger charge is -2.10. The number of esters is 1. The number of hydrogen-bond acceptors (Lipinski definition) is 4. The summed E-state index contributed by atoms with van der Waals surface area (Å²) in [5.74, 6) is -0.0657. The first kappa shape index (κ1) is 19.0. The van der Waals surface area contributed by atoms with Crippen molar-refractivity contribution in [3.05, 3.63) is 98.9 Å². The van der Waals surface area contributed by atoms with Crippen LogP contribution >= 0.6 is 11.6 Å². The molecule has 0 amide bonds. The van der Waals surface area contributed by atoms with Gasteiger partial charge in [0, 0.05) is 10.4 Å². The van der Waals surface area contributed by atoms with Crippen LogP contribution in [0.25, 0.3) is 22.1 Å². The predicted molar refractivity (Wildman–Crippen MR) is 114 cm³/mol. The molecule has 0 saturated carbocycles. The van der Waals surface area contributed by atoms with Gasteiger partial charge in [0.15, 0.2) is 0 Å². The zero-order valence-electron chi connectivity index (χ0n) is 15.9. The van der Waals surface area contributed by atoms with E-state index < -0.39 is 11.6 Å². The smallest absolute Gasteiger partial charge is 0.344 e. The molecule has 1 heterocycles. The standard InChI is InChI=1S/C24H17ClO4/c1-14-4-3-5-17(12-14)23(26)28-19-10-11-21-20(13-19)15(2)22(24(27)29-21)16-6-8-18(25)9-7-16/h3-13H,1-2H3. The molecule has 144 valence electrons. The fourth-order valence-corrected chi connectivity index (χ4v) is 3.41. The fraction of sp³-hybridized carbons (Fsp3) is 0.0833. The van der Waals surface area contributed by atoms with E-state index in [2.05, 4.69) is 0 Å². The Morgan fingerprint density at radius 2 is 1.72 bits per heavy atom. The average molecular weight is 405 g/mol. The van der Waals surface area contributed by atoms with Crippen molar-refractivity contribution in [3.8, 4) is 16.9 Å². The number of benzene rings is 3. The van der Waals surface area contributed by atoms with E-state index in [1.807, 2.05) is 26.0 Å². The predicted octanol–water partition coefficient (Wildman–Crippen LogP) is 5.95. The van der Waals surface area contributed by atoms with Crippen molar-refractivity contribution < 1.29 is 13.9 Å². The molecule has 5 heteroatoms. The highest BCUT2D eigenvalue weighted by Gasteiger charge is 2.15. The molecule has 0 N–H and O–H groups in total. The lowest BCUT2D eigenvalue weighted by molar-refractivity contribution is 0.0735. The van der Waals surface area contributed by atoms with Gasteiger partial charge in [0.25, 0.3) is 0 Å². The fourth-order valence-electron chi connectivity index (χ4n) is 3.28. The number of carbonyl (C=O) groups excluding carboxylic acids is 1. The van der Waals surface area contributed by atoms with Crippen molar-refractivity contribution in [1.82, 2.24) is 0 Å². The average Bonchev–Trinajstić information content (AvgIpc) is 2.70. The number of hydrogen-bond donors (Lipinski definition) is 0. The second-order valence-electron chi connectivity index (χ2n) is 6.81. The molecule has 0 fully saturated rings. The summed E-state index contributed by atoms with van der Waals surface area (Å²) in [7, 11) is 0. The van der Waals surface area contributed by atoms with Crippen LogP contribution in [0.2, 0.25) is 5.02 Å². The second-order valence-corrected chi connectivity index (χ2v) is 7.25. The molecule has 3 aromatic carbocycles. The van der Waals surface area contributed by atoms with Gasteiger partial charge in [0.05, 0.1) is 11.1 Å². The van der Waals surface area contributed by atoms with Gasteiger partial charge in [-0.15, -0.1) is 0 Å². The summed E-state index contributed by atoms with van der Waals surface area (Å²) in [6.07, 6.45) is 0. The molecule has 4 nitrogen and oxygen atoms in total. The maximum absolute atomic E-state index is 12.5. The third-order valence-corrected chi connectivity index (χ3v) is 4.99. The van der Waals surface area contributed by atoms with Gasteiger partial charge >= 0.3 is 11.6 Å². The Balaban J connectivity index is 1.76. The van der Waals surface area contributed by atoms with Gasteiger partial charge in [0.1, 0.15) is 11.3 Å². The highest BCUT2D eigenvalue weighted by atomic mass is 35.5. The third kappa shape index (κ3) is 3.80. The minimum atomic E-state index is -0.444. The van der Waals surface area contributed by atoms with Gasteiger partial charge in [-0.3, -0.25) is 0 Å². The lowest BCUT2D eigenvalue weighted by atomic mass is 9.99. The van der Waals surface area contributed by atoms with Gasteiger partial charge in [0.2, 0.25) is 0 Å². The van der Waals surface area contributed by atoms with E-state index in [1.54, 1.807) is 54.6 Å². The third-order valence-electron chi connectivity index (χ3n) is 4.73. The van der Waals surface area contributed by atoms with Crippen molar-refractivity contribution in [2.24, 2.45) is 0 Å². The van der Waals surface area contributed by atoms with E-state index in [9.17, 15) is 9.59 Å². The molecule has 1 aromatic heterocycles. The Morgan fingerprint density at radius 1 is 0.966 bits per heavy atom. The summed E-state index contributed by atoms with van der Waals surface area (Å²) in [4.78, 5) is 25.0. The molecule has 0 spiro atoms. The minimum Gasteiger partial charge on any atom is -0.423 e. The Hall–Kier alpha value is -3.37. The molecule has 4 rings (SSSR count). The van der Waals surface area contributed by atoms with Crippen LogP contribution in [0.3, 0.4) is 0 Å². The van der Waals surface area contributed by atoms with E-state index in [0.717, 1.165) is 11.1 Å². The van der Waals surface area contributed by atoms with E-state index in [4.69, 9.17) is 20.8 Å². The molecule has 0 aliphatic carbocycles. The van der Waals surface area contributed by atoms with Crippen LogP contribution in [0.4, 0.5) is 0 Å². The monoisotopic (exact) mass is 404 g/mol. The Bertz CT molecular complexity index is 1290. The quantitative estimate of drug-likeness (QED) is 0.240. The number of aryl methyl sites for hydroxylation is 2. The highest BCUT2D eigenvalue weighted by molar-refractivity contribution is 6.30. The molecule has 0 aliphatic rings. The SMILES string of the molecule is Cc1cccc(C(=O)Oc2ccc3oc(=O)c(-c4ccc(Cl)cc4)c(C)c3c2)c1. The van der Waals surface area contributed by atoms with Gasteiger partial charge in [-0.25, -0.2) is 9.59 Å². The minimum absolute atomic E-state index is 0.378. The first-order valence-electron chi connectivity index (χ1n) is 9.04. The summed E-state index contributed by atoms with van der Waals surface area (Å²) in [5.41, 5.74) is 3.36. The zero-order valence-corrected chi connectivity index (χ0v) is 16.6. The Morgan fingerprint density at radius 3 is 2.45 bits per heavy atom. The topological polar surface area (TPSA) is 56.5 Å². The highest BCUT2D eigenvalue weighted by Crippen LogP contribution is 2.30. The molecule has 0 radical (unpaired) electrons. The van der Waals surface area contributed by atoms with Crippen molar-refractivity contribution in [3.63, 3.8) is 0 Å². The molecular weight excluding hydrogens is 388 g/mol. The van der Waals surface area contributed by atoms with Crippen LogP contribution < -0.4 is 10.4 Å². The first-order chi connectivity index (χ1) is 13.9. The normalized spacial score (nSPS) is 10.9. The van der Waals surface area contributed by atoms with Gasteiger partial charge < -0.3 is 9.15 Å². The molecule has 29 heavy (non-hydrogen) atoms. The summed E-state index contributed by atoms with van der Waals surface area (Å²) < 4.78 is 11.0. The van der Waals surface area contributed by atoms with Crippen LogP contribution in [-0.2, 0) is 0 Å². The zero-order chi connectivity index (χ0) is 20.5. The molecule has 0 atom stereocenters. The van der Waals surface area contributed by atoms with Crippen LogP contribution in [0.5, 0.6) is 5.75 Å². The van der Waals surface area contributed by atoms with Gasteiger partial charge in [-0.05, 0) is 67.4 Å². The van der Waals surface area contributed by atoms with Crippen LogP contribution in [0.1, 0.15) is 21.5 Å². The van der Waals surface area contributed by atoms with Crippen LogP contribution in [0, 0.1) is 13.8 Å². The van der Waals surface area contributed by atoms with E-state index >= 15 is 0 Å². The summed E-state index contributed by atoms with van der Waals surface area (Å²) >= 11 is 5.95.